The van der Waals surface area contributed by atoms with Gasteiger partial charge in [-0.15, -0.1) is 0 Å². The number of fused-ring (bicyclic) bond motifs is 7. The molecule has 0 radical (unpaired) electrons. The van der Waals surface area contributed by atoms with E-state index in [2.05, 4.69) is 99.0 Å². The van der Waals surface area contributed by atoms with Crippen LogP contribution in [0, 0.1) is 20.8 Å². The van der Waals surface area contributed by atoms with Gasteiger partial charge in [0.1, 0.15) is 0 Å². The van der Waals surface area contributed by atoms with E-state index in [1.54, 1.807) is 0 Å². The number of hydrogen-bond acceptors (Lipinski definition) is 0. The van der Waals surface area contributed by atoms with Gasteiger partial charge in [-0.05, 0) is 120 Å². The highest BCUT2D eigenvalue weighted by Crippen LogP contribution is 2.20. The minimum Gasteiger partial charge on any atom is -0.355 e. The Morgan fingerprint density at radius 1 is 0.568 bits per heavy atom. The summed E-state index contributed by atoms with van der Waals surface area (Å²) in [6.45, 7) is 13.3. The van der Waals surface area contributed by atoms with Gasteiger partial charge in [-0.3, -0.25) is 0 Å². The summed E-state index contributed by atoms with van der Waals surface area (Å²) in [6, 6.07) is 6.08. The molecule has 3 nitrogen and oxygen atoms in total. The zero-order chi connectivity index (χ0) is 26.3. The molecular weight excluding hydrogens is 474 g/mol. The molecule has 4 heteroatoms. The Labute approximate surface area is 223 Å². The third kappa shape index (κ3) is 4.57. The lowest BCUT2D eigenvalue weighted by atomic mass is 10.0. The number of rotatable bonds is 3. The third-order valence-electron chi connectivity index (χ3n) is 7.90. The topological polar surface area (TPSA) is 47.4 Å². The highest BCUT2D eigenvalue weighted by molar-refractivity contribution is 6.30. The molecule has 1 aromatic carbocycles. The smallest absolute Gasteiger partial charge is 0.0441 e. The highest BCUT2D eigenvalue weighted by Gasteiger charge is 2.12. The van der Waals surface area contributed by atoms with Gasteiger partial charge in [0.05, 0.1) is 0 Å². The maximum absolute atomic E-state index is 6.41. The summed E-state index contributed by atoms with van der Waals surface area (Å²) in [6.07, 6.45) is 16.2. The van der Waals surface area contributed by atoms with Crippen LogP contribution in [0.3, 0.4) is 0 Å². The van der Waals surface area contributed by atoms with E-state index in [1.165, 1.54) is 55.5 Å². The highest BCUT2D eigenvalue weighted by atomic mass is 35.5. The molecule has 0 saturated heterocycles. The van der Waals surface area contributed by atoms with Gasteiger partial charge in [0.2, 0.25) is 0 Å². The van der Waals surface area contributed by atoms with Crippen LogP contribution in [0.1, 0.15) is 65.5 Å². The molecule has 5 rings (SSSR count). The Balaban J connectivity index is 1.96. The fourth-order valence-corrected chi connectivity index (χ4v) is 5.91. The van der Waals surface area contributed by atoms with E-state index in [0.29, 0.717) is 0 Å². The predicted molar refractivity (Wildman–Crippen MR) is 159 cm³/mol. The van der Waals surface area contributed by atoms with E-state index in [-0.39, 0.29) is 0 Å². The van der Waals surface area contributed by atoms with Gasteiger partial charge < -0.3 is 15.0 Å². The second-order valence-electron chi connectivity index (χ2n) is 9.96. The van der Waals surface area contributed by atoms with E-state index in [4.69, 9.17) is 11.6 Å². The van der Waals surface area contributed by atoms with Crippen molar-refractivity contribution in [2.75, 3.05) is 0 Å². The van der Waals surface area contributed by atoms with Crippen molar-refractivity contribution in [1.82, 2.24) is 15.0 Å². The van der Waals surface area contributed by atoms with Gasteiger partial charge >= 0.3 is 0 Å². The predicted octanol–water partition coefficient (Wildman–Crippen LogP) is 3.43. The van der Waals surface area contributed by atoms with Crippen molar-refractivity contribution in [2.24, 2.45) is 0 Å². The molecule has 0 atom stereocenters. The van der Waals surface area contributed by atoms with E-state index in [9.17, 15) is 0 Å². The van der Waals surface area contributed by atoms with Crippen LogP contribution < -0.4 is 31.8 Å². The average Bonchev–Trinajstić information content (AvgIpc) is 3.46. The van der Waals surface area contributed by atoms with Gasteiger partial charge in [-0.1, -0.05) is 50.6 Å². The fourth-order valence-electron chi connectivity index (χ4n) is 5.73. The fraction of sp³-hybridized carbons (Fsp3) is 0.273. The Morgan fingerprint density at radius 3 is 1.68 bits per heavy atom. The van der Waals surface area contributed by atoms with Crippen LogP contribution in [-0.2, 0) is 19.3 Å². The van der Waals surface area contributed by atoms with Crippen LogP contribution in [-0.4, -0.2) is 15.0 Å². The average molecular weight is 510 g/mol. The zero-order valence-corrected chi connectivity index (χ0v) is 23.5. The molecule has 0 amide bonds. The molecule has 0 aliphatic carbocycles. The number of H-pyrrole nitrogens is 3. The van der Waals surface area contributed by atoms with Crippen LogP contribution >= 0.6 is 11.6 Å². The second kappa shape index (κ2) is 10.1. The van der Waals surface area contributed by atoms with Gasteiger partial charge in [0, 0.05) is 37.8 Å². The largest absolute Gasteiger partial charge is 0.355 e. The van der Waals surface area contributed by atoms with E-state index in [1.807, 2.05) is 12.1 Å². The monoisotopic (exact) mass is 509 g/mol. The Bertz CT molecular complexity index is 1870. The summed E-state index contributed by atoms with van der Waals surface area (Å²) in [5.41, 5.74) is 10.3. The van der Waals surface area contributed by atoms with Crippen LogP contribution in [0.5, 0.6) is 0 Å². The van der Waals surface area contributed by atoms with Crippen LogP contribution in [0.25, 0.3) is 36.5 Å². The SMILES string of the molecule is CCc1c2[nH]c(c1C)/C=c1\[nH]\c(c(C)c1CC)=C/C=c1/ccc(Cl)c/c1=C/C=c1\[nH]/c(c(CC)c1C)=C\2. The zero-order valence-electron chi connectivity index (χ0n) is 22.7. The van der Waals surface area contributed by atoms with Crippen LogP contribution in [0.4, 0.5) is 0 Å². The third-order valence-corrected chi connectivity index (χ3v) is 8.13. The van der Waals surface area contributed by atoms with Crippen molar-refractivity contribution in [1.29, 1.82) is 0 Å². The summed E-state index contributed by atoms with van der Waals surface area (Å²) in [5, 5.41) is 7.57. The lowest BCUT2D eigenvalue weighted by Gasteiger charge is -1.98. The molecule has 0 fully saturated rings. The molecule has 6 bridgehead atoms. The quantitative estimate of drug-likeness (QED) is 0.379. The molecule has 37 heavy (non-hydrogen) atoms. The first-order valence-electron chi connectivity index (χ1n) is 13.3. The molecule has 0 saturated carbocycles. The number of hydrogen-bond donors (Lipinski definition) is 3. The summed E-state index contributed by atoms with van der Waals surface area (Å²) >= 11 is 6.41. The molecule has 0 spiro atoms. The standard InChI is InChI=1S/C33H36ClN3/c1-7-25-19(4)28-14-11-22-10-13-24(34)16-23(22)12-15-29-20(5)26(8-2)32(36-29)18-33-27(9-3)21(6)30(37-33)17-31(25)35-28/h10-18,35-37H,7-9H2,1-6H3/b14-11?,15-12?,22-11-,23-12-,28-14-,29-15-,30-17?,31-17-,32-18-,33-18?. The number of nitrogens with one attached hydrogen (secondary N) is 3. The summed E-state index contributed by atoms with van der Waals surface area (Å²) in [4.78, 5) is 11.2. The van der Waals surface area contributed by atoms with Crippen molar-refractivity contribution < 1.29 is 0 Å². The maximum atomic E-state index is 6.41. The summed E-state index contributed by atoms with van der Waals surface area (Å²) in [5.74, 6) is 0. The number of aromatic amines is 3. The molecule has 0 unspecified atom stereocenters. The molecule has 3 N–H and O–H groups in total. The molecular formula is C33H36ClN3. The molecule has 3 aromatic heterocycles. The minimum absolute atomic E-state index is 0.736. The normalized spacial score (nSPS) is 18.2. The van der Waals surface area contributed by atoms with Gasteiger partial charge in [0.15, 0.2) is 0 Å². The Morgan fingerprint density at radius 2 is 1.11 bits per heavy atom. The Hall–Kier alpha value is -3.43. The summed E-state index contributed by atoms with van der Waals surface area (Å²) in [7, 11) is 0. The number of halogens is 1. The number of benzene rings is 1. The Kier molecular flexibility index (Phi) is 6.92. The van der Waals surface area contributed by atoms with Crippen molar-refractivity contribution in [3.05, 3.63) is 99.8 Å². The molecule has 4 heterocycles. The van der Waals surface area contributed by atoms with Crippen LogP contribution in [0.2, 0.25) is 5.02 Å². The van der Waals surface area contributed by atoms with Gasteiger partial charge in [0.25, 0.3) is 0 Å². The molecule has 1 aliphatic rings. The second-order valence-corrected chi connectivity index (χ2v) is 10.4. The first kappa shape index (κ1) is 25.2. The lowest BCUT2D eigenvalue weighted by Crippen LogP contribution is -2.24. The van der Waals surface area contributed by atoms with E-state index in [0.717, 1.165) is 45.4 Å². The maximum Gasteiger partial charge on any atom is 0.0441 e. The molecule has 4 aromatic rings. The van der Waals surface area contributed by atoms with Gasteiger partial charge in [-0.25, -0.2) is 0 Å². The van der Waals surface area contributed by atoms with Crippen molar-refractivity contribution in [2.45, 2.75) is 60.8 Å². The van der Waals surface area contributed by atoms with Crippen LogP contribution in [0.15, 0.2) is 18.2 Å². The van der Waals surface area contributed by atoms with E-state index < -0.39 is 0 Å². The number of aromatic nitrogens is 3. The van der Waals surface area contributed by atoms with Crippen molar-refractivity contribution >= 4 is 48.1 Å². The lowest BCUT2D eigenvalue weighted by molar-refractivity contribution is 1.09. The van der Waals surface area contributed by atoms with E-state index >= 15 is 0 Å². The molecule has 1 aliphatic heterocycles. The molecule has 190 valence electrons. The minimum atomic E-state index is 0.736. The first-order chi connectivity index (χ1) is 17.8. The van der Waals surface area contributed by atoms with Crippen molar-refractivity contribution in [3.8, 4) is 0 Å². The van der Waals surface area contributed by atoms with Gasteiger partial charge in [-0.2, -0.15) is 0 Å². The van der Waals surface area contributed by atoms with Crippen molar-refractivity contribution in [3.63, 3.8) is 0 Å². The summed E-state index contributed by atoms with van der Waals surface area (Å²) < 4.78 is 0. The first-order valence-corrected chi connectivity index (χ1v) is 13.7.